The van der Waals surface area contributed by atoms with Crippen LogP contribution in [0.2, 0.25) is 0 Å². The van der Waals surface area contributed by atoms with E-state index in [-0.39, 0.29) is 0 Å². The van der Waals surface area contributed by atoms with Crippen LogP contribution in [-0.2, 0) is 12.7 Å². The molecule has 2 rings (SSSR count). The second-order valence-electron chi connectivity index (χ2n) is 5.94. The standard InChI is InChI=1S/C16H23F3N2/c1-13(12-21-7-2-3-8-21)10-20-11-14-5-4-6-15(9-14)16(17,18)19/h4-6,9,13,20H,2-3,7-8,10-12H2,1H3. The summed E-state index contributed by atoms with van der Waals surface area (Å²) in [4.78, 5) is 2.45. The van der Waals surface area contributed by atoms with Crippen molar-refractivity contribution < 1.29 is 13.2 Å². The first-order chi connectivity index (χ1) is 9.95. The molecule has 1 aliphatic rings. The molecule has 1 heterocycles. The lowest BCUT2D eigenvalue weighted by molar-refractivity contribution is -0.137. The largest absolute Gasteiger partial charge is 0.416 e. The maximum atomic E-state index is 12.6. The molecule has 1 aromatic carbocycles. The maximum Gasteiger partial charge on any atom is 0.416 e. The van der Waals surface area contributed by atoms with Gasteiger partial charge in [0.2, 0.25) is 0 Å². The van der Waals surface area contributed by atoms with E-state index in [9.17, 15) is 13.2 Å². The topological polar surface area (TPSA) is 15.3 Å². The molecule has 1 aromatic rings. The molecule has 1 unspecified atom stereocenters. The van der Waals surface area contributed by atoms with Crippen molar-refractivity contribution in [3.8, 4) is 0 Å². The van der Waals surface area contributed by atoms with Crippen molar-refractivity contribution in [3.63, 3.8) is 0 Å². The first kappa shape index (κ1) is 16.3. The molecule has 1 aliphatic heterocycles. The molecule has 0 bridgehead atoms. The van der Waals surface area contributed by atoms with Gasteiger partial charge in [-0.2, -0.15) is 13.2 Å². The number of halogens is 3. The van der Waals surface area contributed by atoms with E-state index in [0.29, 0.717) is 18.0 Å². The van der Waals surface area contributed by atoms with Gasteiger partial charge in [0.15, 0.2) is 0 Å². The molecule has 1 fully saturated rings. The molecule has 21 heavy (non-hydrogen) atoms. The highest BCUT2D eigenvalue weighted by molar-refractivity contribution is 5.25. The van der Waals surface area contributed by atoms with Crippen LogP contribution in [0.4, 0.5) is 13.2 Å². The number of nitrogens with one attached hydrogen (secondary N) is 1. The highest BCUT2D eigenvalue weighted by atomic mass is 19.4. The van der Waals surface area contributed by atoms with Crippen molar-refractivity contribution >= 4 is 0 Å². The Balaban J connectivity index is 1.75. The average molecular weight is 300 g/mol. The van der Waals surface area contributed by atoms with Gasteiger partial charge in [-0.1, -0.05) is 25.1 Å². The van der Waals surface area contributed by atoms with Crippen molar-refractivity contribution in [2.75, 3.05) is 26.2 Å². The van der Waals surface area contributed by atoms with Gasteiger partial charge in [-0.3, -0.25) is 0 Å². The van der Waals surface area contributed by atoms with Gasteiger partial charge < -0.3 is 10.2 Å². The SMILES string of the molecule is CC(CNCc1cccc(C(F)(F)F)c1)CN1CCCC1. The molecule has 1 atom stereocenters. The number of rotatable bonds is 6. The van der Waals surface area contributed by atoms with Crippen LogP contribution in [-0.4, -0.2) is 31.1 Å². The van der Waals surface area contributed by atoms with E-state index < -0.39 is 11.7 Å². The lowest BCUT2D eigenvalue weighted by atomic mass is 10.1. The number of likely N-dealkylation sites (tertiary alicyclic amines) is 1. The summed E-state index contributed by atoms with van der Waals surface area (Å²) in [5.41, 5.74) is 0.102. The van der Waals surface area contributed by atoms with Crippen LogP contribution in [0.25, 0.3) is 0 Å². The molecule has 5 heteroatoms. The molecular formula is C16H23F3N2. The molecule has 0 aromatic heterocycles. The highest BCUT2D eigenvalue weighted by Gasteiger charge is 2.30. The lowest BCUT2D eigenvalue weighted by Crippen LogP contribution is -2.31. The first-order valence-electron chi connectivity index (χ1n) is 7.54. The van der Waals surface area contributed by atoms with Gasteiger partial charge >= 0.3 is 6.18 Å². The minimum atomic E-state index is -4.26. The van der Waals surface area contributed by atoms with Crippen molar-refractivity contribution in [1.82, 2.24) is 10.2 Å². The zero-order valence-electron chi connectivity index (χ0n) is 12.4. The van der Waals surface area contributed by atoms with E-state index >= 15 is 0 Å². The Morgan fingerprint density at radius 1 is 1.24 bits per heavy atom. The molecule has 0 amide bonds. The second kappa shape index (κ2) is 7.27. The summed E-state index contributed by atoms with van der Waals surface area (Å²) >= 11 is 0. The Labute approximate surface area is 124 Å². The summed E-state index contributed by atoms with van der Waals surface area (Å²) in [5, 5.41) is 3.26. The lowest BCUT2D eigenvalue weighted by Gasteiger charge is -2.20. The molecule has 0 radical (unpaired) electrons. The van der Waals surface area contributed by atoms with Gasteiger partial charge in [-0.05, 0) is 50.0 Å². The molecule has 1 N–H and O–H groups in total. The normalized spacial score (nSPS) is 18.1. The smallest absolute Gasteiger partial charge is 0.312 e. The van der Waals surface area contributed by atoms with E-state index in [1.54, 1.807) is 6.07 Å². The second-order valence-corrected chi connectivity index (χ2v) is 5.94. The first-order valence-corrected chi connectivity index (χ1v) is 7.54. The van der Waals surface area contributed by atoms with Crippen LogP contribution < -0.4 is 5.32 Å². The molecule has 0 spiro atoms. The quantitative estimate of drug-likeness (QED) is 0.864. The Hall–Kier alpha value is -1.07. The maximum absolute atomic E-state index is 12.6. The monoisotopic (exact) mass is 300 g/mol. The Morgan fingerprint density at radius 3 is 2.62 bits per heavy atom. The average Bonchev–Trinajstić information content (AvgIpc) is 2.91. The van der Waals surface area contributed by atoms with Gasteiger partial charge in [0, 0.05) is 13.1 Å². The van der Waals surface area contributed by atoms with Gasteiger partial charge in [0.1, 0.15) is 0 Å². The summed E-state index contributed by atoms with van der Waals surface area (Å²) in [6.07, 6.45) is -1.70. The summed E-state index contributed by atoms with van der Waals surface area (Å²) < 4.78 is 37.9. The molecule has 0 saturated carbocycles. The summed E-state index contributed by atoms with van der Waals surface area (Å²) in [7, 11) is 0. The van der Waals surface area contributed by atoms with E-state index in [2.05, 4.69) is 17.1 Å². The predicted molar refractivity (Wildman–Crippen MR) is 78.0 cm³/mol. The highest BCUT2D eigenvalue weighted by Crippen LogP contribution is 2.29. The Kier molecular flexibility index (Phi) is 5.65. The fourth-order valence-electron chi connectivity index (χ4n) is 2.79. The van der Waals surface area contributed by atoms with Crippen molar-refractivity contribution in [2.45, 2.75) is 32.5 Å². The van der Waals surface area contributed by atoms with Crippen molar-refractivity contribution in [3.05, 3.63) is 35.4 Å². The minimum Gasteiger partial charge on any atom is -0.312 e. The van der Waals surface area contributed by atoms with Gasteiger partial charge in [-0.15, -0.1) is 0 Å². The van der Waals surface area contributed by atoms with Crippen LogP contribution in [0.15, 0.2) is 24.3 Å². The van der Waals surface area contributed by atoms with E-state index in [1.165, 1.54) is 38.1 Å². The number of nitrogens with zero attached hydrogens (tertiary/aromatic N) is 1. The van der Waals surface area contributed by atoms with Gasteiger partial charge in [0.05, 0.1) is 5.56 Å². The summed E-state index contributed by atoms with van der Waals surface area (Å²) in [6.45, 7) is 6.91. The molecule has 0 aliphatic carbocycles. The number of hydrogen-bond donors (Lipinski definition) is 1. The fourth-order valence-corrected chi connectivity index (χ4v) is 2.79. The van der Waals surface area contributed by atoms with E-state index in [1.807, 2.05) is 0 Å². The third-order valence-electron chi connectivity index (χ3n) is 3.84. The van der Waals surface area contributed by atoms with Crippen molar-refractivity contribution in [2.24, 2.45) is 5.92 Å². The molecule has 118 valence electrons. The molecule has 2 nitrogen and oxygen atoms in total. The summed E-state index contributed by atoms with van der Waals surface area (Å²) in [6, 6.07) is 5.53. The van der Waals surface area contributed by atoms with Crippen LogP contribution in [0, 0.1) is 5.92 Å². The van der Waals surface area contributed by atoms with E-state index in [4.69, 9.17) is 0 Å². The molecule has 1 saturated heterocycles. The van der Waals surface area contributed by atoms with Crippen LogP contribution in [0.1, 0.15) is 30.9 Å². The molecular weight excluding hydrogens is 277 g/mol. The van der Waals surface area contributed by atoms with E-state index in [0.717, 1.165) is 19.2 Å². The van der Waals surface area contributed by atoms with Gasteiger partial charge in [-0.25, -0.2) is 0 Å². The van der Waals surface area contributed by atoms with Crippen LogP contribution in [0.5, 0.6) is 0 Å². The predicted octanol–water partition coefficient (Wildman–Crippen LogP) is 3.53. The summed E-state index contributed by atoms with van der Waals surface area (Å²) in [5.74, 6) is 0.508. The van der Waals surface area contributed by atoms with Crippen molar-refractivity contribution in [1.29, 1.82) is 0 Å². The van der Waals surface area contributed by atoms with Crippen LogP contribution >= 0.6 is 0 Å². The zero-order chi connectivity index (χ0) is 15.3. The Bertz CT molecular complexity index is 439. The third kappa shape index (κ3) is 5.32. The number of hydrogen-bond acceptors (Lipinski definition) is 2. The van der Waals surface area contributed by atoms with Crippen LogP contribution in [0.3, 0.4) is 0 Å². The zero-order valence-corrected chi connectivity index (χ0v) is 12.4. The fraction of sp³-hybridized carbons (Fsp3) is 0.625. The third-order valence-corrected chi connectivity index (χ3v) is 3.84. The van der Waals surface area contributed by atoms with Gasteiger partial charge in [0.25, 0.3) is 0 Å². The number of benzene rings is 1. The minimum absolute atomic E-state index is 0.480. The number of alkyl halides is 3. The Morgan fingerprint density at radius 2 is 1.95 bits per heavy atom.